The lowest BCUT2D eigenvalue weighted by Gasteiger charge is -2.22. The molecule has 94 valence electrons. The summed E-state index contributed by atoms with van der Waals surface area (Å²) in [6.07, 6.45) is 1.62. The zero-order valence-corrected chi connectivity index (χ0v) is 11.3. The predicted molar refractivity (Wildman–Crippen MR) is 71.3 cm³/mol. The summed E-state index contributed by atoms with van der Waals surface area (Å²) in [5, 5.41) is 0.947. The molecule has 0 spiro atoms. The van der Waals surface area contributed by atoms with E-state index in [4.69, 9.17) is 5.73 Å². The molecular formula is C14H15FN2S. The lowest BCUT2D eigenvalue weighted by molar-refractivity contribution is 0.530. The zero-order valence-electron chi connectivity index (χ0n) is 10.5. The van der Waals surface area contributed by atoms with Crippen molar-refractivity contribution in [2.24, 2.45) is 5.73 Å². The molecule has 0 saturated heterocycles. The van der Waals surface area contributed by atoms with Crippen molar-refractivity contribution < 1.29 is 4.39 Å². The minimum absolute atomic E-state index is 0.190. The topological polar surface area (TPSA) is 38.9 Å². The van der Waals surface area contributed by atoms with E-state index < -0.39 is 5.54 Å². The van der Waals surface area contributed by atoms with Crippen molar-refractivity contribution in [1.82, 2.24) is 4.98 Å². The van der Waals surface area contributed by atoms with Crippen molar-refractivity contribution in [3.8, 4) is 0 Å². The van der Waals surface area contributed by atoms with Crippen LogP contribution in [0.25, 0.3) is 0 Å². The van der Waals surface area contributed by atoms with Crippen molar-refractivity contribution in [3.63, 3.8) is 0 Å². The van der Waals surface area contributed by atoms with E-state index in [2.05, 4.69) is 11.9 Å². The Balaban J connectivity index is 2.14. The van der Waals surface area contributed by atoms with Crippen LogP contribution in [-0.2, 0) is 12.0 Å². The number of hydrogen-bond donors (Lipinski definition) is 1. The van der Waals surface area contributed by atoms with Gasteiger partial charge in [-0.25, -0.2) is 9.37 Å². The van der Waals surface area contributed by atoms with Gasteiger partial charge < -0.3 is 5.73 Å². The average Bonchev–Trinajstić information content (AvgIpc) is 2.83. The zero-order chi connectivity index (χ0) is 12.9. The minimum Gasteiger partial charge on any atom is -0.316 e. The number of halogens is 1. The molecule has 0 bridgehead atoms. The first kappa shape index (κ1) is 11.8. The molecule has 2 N–H and O–H groups in total. The molecule has 0 saturated carbocycles. The number of nitrogens with two attached hydrogens (primary N) is 1. The van der Waals surface area contributed by atoms with Crippen molar-refractivity contribution in [2.45, 2.75) is 32.2 Å². The number of benzene rings is 1. The normalized spacial score (nSPS) is 22.2. The van der Waals surface area contributed by atoms with Crippen molar-refractivity contribution in [2.75, 3.05) is 0 Å². The van der Waals surface area contributed by atoms with Gasteiger partial charge in [0.1, 0.15) is 10.8 Å². The quantitative estimate of drug-likeness (QED) is 0.858. The van der Waals surface area contributed by atoms with E-state index in [0.717, 1.165) is 34.7 Å². The van der Waals surface area contributed by atoms with Crippen molar-refractivity contribution in [1.29, 1.82) is 0 Å². The van der Waals surface area contributed by atoms with Crippen LogP contribution in [0.1, 0.15) is 33.1 Å². The van der Waals surface area contributed by atoms with E-state index in [0.29, 0.717) is 0 Å². The van der Waals surface area contributed by atoms with Gasteiger partial charge in [-0.05, 0) is 49.9 Å². The smallest absolute Gasteiger partial charge is 0.123 e. The summed E-state index contributed by atoms with van der Waals surface area (Å²) in [6, 6.07) is 4.89. The van der Waals surface area contributed by atoms with Crippen molar-refractivity contribution >= 4 is 11.3 Å². The molecule has 0 aliphatic heterocycles. The maximum Gasteiger partial charge on any atom is 0.123 e. The molecule has 0 amide bonds. The molecule has 1 heterocycles. The fourth-order valence-corrected chi connectivity index (χ4v) is 3.62. The number of aromatic nitrogens is 1. The Labute approximate surface area is 110 Å². The van der Waals surface area contributed by atoms with Crippen LogP contribution < -0.4 is 5.73 Å². The van der Waals surface area contributed by atoms with Crippen molar-refractivity contribution in [3.05, 3.63) is 50.7 Å². The van der Waals surface area contributed by atoms with Crippen LogP contribution in [0.5, 0.6) is 0 Å². The predicted octanol–water partition coefficient (Wildman–Crippen LogP) is 3.05. The van der Waals surface area contributed by atoms with Crippen LogP contribution >= 0.6 is 11.3 Å². The van der Waals surface area contributed by atoms with E-state index in [9.17, 15) is 4.39 Å². The highest BCUT2D eigenvalue weighted by atomic mass is 32.1. The van der Waals surface area contributed by atoms with Gasteiger partial charge in [-0.2, -0.15) is 0 Å². The third-order valence-corrected chi connectivity index (χ3v) is 5.00. The number of hydrogen-bond acceptors (Lipinski definition) is 3. The largest absolute Gasteiger partial charge is 0.316 e. The Kier molecular flexibility index (Phi) is 2.54. The summed E-state index contributed by atoms with van der Waals surface area (Å²) in [6.45, 7) is 4.06. The second kappa shape index (κ2) is 3.87. The Morgan fingerprint density at radius 1 is 1.39 bits per heavy atom. The molecule has 1 aliphatic carbocycles. The highest BCUT2D eigenvalue weighted by Crippen LogP contribution is 2.42. The van der Waals surface area contributed by atoms with E-state index in [1.807, 2.05) is 13.0 Å². The Bertz CT molecular complexity index is 601. The van der Waals surface area contributed by atoms with Gasteiger partial charge in [0.25, 0.3) is 0 Å². The second-order valence-electron chi connectivity index (χ2n) is 4.93. The highest BCUT2D eigenvalue weighted by molar-refractivity contribution is 7.11. The molecule has 0 radical (unpaired) electrons. The molecule has 1 atom stereocenters. The first-order chi connectivity index (χ1) is 8.50. The molecule has 1 aliphatic rings. The number of rotatable bonds is 1. The van der Waals surface area contributed by atoms with Crippen LogP contribution in [0.3, 0.4) is 0 Å². The van der Waals surface area contributed by atoms with E-state index >= 15 is 0 Å². The number of fused-ring (bicyclic) bond motifs is 1. The Morgan fingerprint density at radius 2 is 2.17 bits per heavy atom. The van der Waals surface area contributed by atoms with Gasteiger partial charge >= 0.3 is 0 Å². The molecule has 0 fully saturated rings. The SMILES string of the molecule is Cc1nc(C2(N)CCc3cc(F)ccc32)sc1C. The van der Waals surface area contributed by atoms with E-state index in [1.54, 1.807) is 17.4 Å². The molecule has 18 heavy (non-hydrogen) atoms. The summed E-state index contributed by atoms with van der Waals surface area (Å²) in [4.78, 5) is 5.78. The maximum absolute atomic E-state index is 13.2. The van der Waals surface area contributed by atoms with E-state index in [1.165, 1.54) is 10.9 Å². The molecule has 2 nitrogen and oxygen atoms in total. The fraction of sp³-hybridized carbons (Fsp3) is 0.357. The van der Waals surface area contributed by atoms with E-state index in [-0.39, 0.29) is 5.82 Å². The molecule has 4 heteroatoms. The van der Waals surface area contributed by atoms with Crippen LogP contribution in [0.15, 0.2) is 18.2 Å². The number of nitrogens with zero attached hydrogens (tertiary/aromatic N) is 1. The van der Waals surface area contributed by atoms with Crippen LogP contribution in [-0.4, -0.2) is 4.98 Å². The fourth-order valence-electron chi connectivity index (χ4n) is 2.56. The monoisotopic (exact) mass is 262 g/mol. The maximum atomic E-state index is 13.2. The van der Waals surface area contributed by atoms with Crippen LogP contribution in [0, 0.1) is 19.7 Å². The molecule has 1 aromatic carbocycles. The van der Waals surface area contributed by atoms with Gasteiger partial charge in [0.15, 0.2) is 0 Å². The van der Waals surface area contributed by atoms with Gasteiger partial charge in [-0.3, -0.25) is 0 Å². The first-order valence-electron chi connectivity index (χ1n) is 6.03. The van der Waals surface area contributed by atoms with Crippen LogP contribution in [0.4, 0.5) is 4.39 Å². The summed E-state index contributed by atoms with van der Waals surface area (Å²) < 4.78 is 13.2. The molecule has 1 aromatic heterocycles. The number of aryl methyl sites for hydroxylation is 3. The average molecular weight is 262 g/mol. The lowest BCUT2D eigenvalue weighted by atomic mass is 9.94. The van der Waals surface area contributed by atoms with Crippen LogP contribution in [0.2, 0.25) is 0 Å². The first-order valence-corrected chi connectivity index (χ1v) is 6.84. The lowest BCUT2D eigenvalue weighted by Crippen LogP contribution is -2.35. The van der Waals surface area contributed by atoms with Gasteiger partial charge in [0, 0.05) is 4.88 Å². The standard InChI is InChI=1S/C14H15FN2S/c1-8-9(2)18-13(17-8)14(16)6-5-10-7-11(15)3-4-12(10)14/h3-4,7H,5-6,16H2,1-2H3. The summed E-state index contributed by atoms with van der Waals surface area (Å²) in [5.41, 5.74) is 9.09. The summed E-state index contributed by atoms with van der Waals surface area (Å²) in [7, 11) is 0. The van der Waals surface area contributed by atoms with Gasteiger partial charge in [-0.15, -0.1) is 11.3 Å². The van der Waals surface area contributed by atoms with Gasteiger partial charge in [0.05, 0.1) is 11.2 Å². The highest BCUT2D eigenvalue weighted by Gasteiger charge is 2.39. The van der Waals surface area contributed by atoms with Gasteiger partial charge in [-0.1, -0.05) is 6.07 Å². The molecule has 2 aromatic rings. The molecular weight excluding hydrogens is 247 g/mol. The Morgan fingerprint density at radius 3 is 2.83 bits per heavy atom. The molecule has 3 rings (SSSR count). The second-order valence-corrected chi connectivity index (χ2v) is 6.14. The minimum atomic E-state index is -0.535. The Hall–Kier alpha value is -1.26. The summed E-state index contributed by atoms with van der Waals surface area (Å²) in [5.74, 6) is -0.190. The third kappa shape index (κ3) is 1.60. The molecule has 1 unspecified atom stereocenters. The van der Waals surface area contributed by atoms with Gasteiger partial charge in [0.2, 0.25) is 0 Å². The third-order valence-electron chi connectivity index (χ3n) is 3.75. The number of thiazole rings is 1. The summed E-state index contributed by atoms with van der Waals surface area (Å²) >= 11 is 1.65.